The third-order valence-electron chi connectivity index (χ3n) is 3.25. The first-order chi connectivity index (χ1) is 9.81. The van der Waals surface area contributed by atoms with E-state index in [9.17, 15) is 13.2 Å². The predicted molar refractivity (Wildman–Crippen MR) is 80.5 cm³/mol. The van der Waals surface area contributed by atoms with Gasteiger partial charge in [-0.15, -0.1) is 0 Å². The van der Waals surface area contributed by atoms with Crippen LogP contribution < -0.4 is 4.72 Å². The normalized spacial score (nSPS) is 13.5. The Morgan fingerprint density at radius 2 is 1.71 bits per heavy atom. The van der Waals surface area contributed by atoms with Crippen molar-refractivity contribution < 1.29 is 18.3 Å². The minimum absolute atomic E-state index is 0.0631. The van der Waals surface area contributed by atoms with Crippen molar-refractivity contribution in [2.24, 2.45) is 5.92 Å². The number of aliphatic carboxylic acids is 1. The van der Waals surface area contributed by atoms with E-state index in [1.54, 1.807) is 19.9 Å². The second-order valence-electron chi connectivity index (χ2n) is 5.19. The first kappa shape index (κ1) is 15.5. The fourth-order valence-corrected chi connectivity index (χ4v) is 3.41. The van der Waals surface area contributed by atoms with Crippen molar-refractivity contribution in [2.75, 3.05) is 0 Å². The minimum Gasteiger partial charge on any atom is -0.480 e. The number of carbonyl (C=O) groups is 1. The third-order valence-corrected chi connectivity index (χ3v) is 4.68. The number of carboxylic acid groups (broad SMARTS) is 1. The number of hydrogen-bond donors (Lipinski definition) is 2. The molecule has 5 nitrogen and oxygen atoms in total. The van der Waals surface area contributed by atoms with Gasteiger partial charge in [-0.3, -0.25) is 4.79 Å². The lowest BCUT2D eigenvalue weighted by molar-refractivity contribution is -0.140. The van der Waals surface area contributed by atoms with Crippen LogP contribution >= 0.6 is 0 Å². The van der Waals surface area contributed by atoms with Gasteiger partial charge in [0.15, 0.2) is 0 Å². The summed E-state index contributed by atoms with van der Waals surface area (Å²) < 4.78 is 26.9. The van der Waals surface area contributed by atoms with Gasteiger partial charge in [-0.1, -0.05) is 44.2 Å². The lowest BCUT2D eigenvalue weighted by Crippen LogP contribution is -2.44. The van der Waals surface area contributed by atoms with Crippen molar-refractivity contribution in [3.8, 4) is 0 Å². The summed E-state index contributed by atoms with van der Waals surface area (Å²) in [5, 5.41) is 10.8. The number of carboxylic acids is 1. The maximum atomic E-state index is 12.3. The molecule has 0 aliphatic heterocycles. The van der Waals surface area contributed by atoms with E-state index in [-0.39, 0.29) is 10.8 Å². The molecule has 0 amide bonds. The Morgan fingerprint density at radius 3 is 2.29 bits per heavy atom. The summed E-state index contributed by atoms with van der Waals surface area (Å²) >= 11 is 0. The number of nitrogens with one attached hydrogen (secondary N) is 1. The van der Waals surface area contributed by atoms with E-state index in [0.717, 1.165) is 10.8 Å². The van der Waals surface area contributed by atoms with E-state index in [1.807, 2.05) is 24.3 Å². The van der Waals surface area contributed by atoms with E-state index in [2.05, 4.69) is 4.72 Å². The SMILES string of the molecule is CC(C)C(NS(=O)(=O)c1ccc2ccccc2c1)C(=O)O. The Bertz CT molecular complexity index is 768. The van der Waals surface area contributed by atoms with Crippen LogP contribution in [0.2, 0.25) is 0 Å². The van der Waals surface area contributed by atoms with E-state index in [1.165, 1.54) is 12.1 Å². The van der Waals surface area contributed by atoms with E-state index >= 15 is 0 Å². The molecule has 0 aliphatic rings. The van der Waals surface area contributed by atoms with Gasteiger partial charge < -0.3 is 5.11 Å². The highest BCUT2D eigenvalue weighted by Gasteiger charge is 2.27. The molecule has 1 atom stereocenters. The zero-order valence-corrected chi connectivity index (χ0v) is 12.6. The fourth-order valence-electron chi connectivity index (χ4n) is 2.04. The van der Waals surface area contributed by atoms with Crippen molar-refractivity contribution in [1.29, 1.82) is 0 Å². The van der Waals surface area contributed by atoms with Crippen LogP contribution in [0, 0.1) is 5.92 Å². The highest BCUT2D eigenvalue weighted by atomic mass is 32.2. The summed E-state index contributed by atoms with van der Waals surface area (Å²) in [7, 11) is -3.87. The van der Waals surface area contributed by atoms with Gasteiger partial charge in [0.1, 0.15) is 6.04 Å². The lowest BCUT2D eigenvalue weighted by Gasteiger charge is -2.18. The Hall–Kier alpha value is -1.92. The van der Waals surface area contributed by atoms with Gasteiger partial charge in [0.25, 0.3) is 0 Å². The van der Waals surface area contributed by atoms with Gasteiger partial charge in [0.05, 0.1) is 4.90 Å². The van der Waals surface area contributed by atoms with Crippen LogP contribution in [0.3, 0.4) is 0 Å². The van der Waals surface area contributed by atoms with Gasteiger partial charge in [0.2, 0.25) is 10.0 Å². The molecule has 0 aromatic heterocycles. The molecule has 112 valence electrons. The van der Waals surface area contributed by atoms with Crippen molar-refractivity contribution >= 4 is 26.8 Å². The molecule has 0 saturated carbocycles. The van der Waals surface area contributed by atoms with Crippen LogP contribution in [-0.2, 0) is 14.8 Å². The van der Waals surface area contributed by atoms with Gasteiger partial charge in [-0.05, 0) is 28.8 Å². The van der Waals surface area contributed by atoms with Crippen molar-refractivity contribution in [2.45, 2.75) is 24.8 Å². The topological polar surface area (TPSA) is 83.5 Å². The average molecular weight is 307 g/mol. The van der Waals surface area contributed by atoms with Gasteiger partial charge in [-0.25, -0.2) is 8.42 Å². The summed E-state index contributed by atoms with van der Waals surface area (Å²) in [6.45, 7) is 3.31. The lowest BCUT2D eigenvalue weighted by atomic mass is 10.1. The van der Waals surface area contributed by atoms with Gasteiger partial charge in [0, 0.05) is 0 Å². The molecule has 0 aliphatic carbocycles. The maximum absolute atomic E-state index is 12.3. The summed E-state index contributed by atoms with van der Waals surface area (Å²) in [6, 6.07) is 10.9. The monoisotopic (exact) mass is 307 g/mol. The third kappa shape index (κ3) is 3.40. The molecule has 0 fully saturated rings. The number of benzene rings is 2. The Balaban J connectivity index is 2.39. The quantitative estimate of drug-likeness (QED) is 0.887. The molecule has 2 aromatic rings. The molecular formula is C15H17NO4S. The van der Waals surface area contributed by atoms with Crippen molar-refractivity contribution in [3.63, 3.8) is 0 Å². The maximum Gasteiger partial charge on any atom is 0.322 e. The molecular weight excluding hydrogens is 290 g/mol. The molecule has 1 unspecified atom stereocenters. The number of fused-ring (bicyclic) bond motifs is 1. The van der Waals surface area contributed by atoms with Crippen LogP contribution in [0.5, 0.6) is 0 Å². The Kier molecular flexibility index (Phi) is 4.29. The van der Waals surface area contributed by atoms with Crippen molar-refractivity contribution in [3.05, 3.63) is 42.5 Å². The first-order valence-corrected chi connectivity index (χ1v) is 8.03. The summed E-state index contributed by atoms with van der Waals surface area (Å²) in [5.74, 6) is -1.54. The summed E-state index contributed by atoms with van der Waals surface area (Å²) in [5.41, 5.74) is 0. The smallest absolute Gasteiger partial charge is 0.322 e. The highest BCUT2D eigenvalue weighted by molar-refractivity contribution is 7.89. The molecule has 21 heavy (non-hydrogen) atoms. The Labute approximate surface area is 123 Å². The van der Waals surface area contributed by atoms with Crippen LogP contribution in [0.4, 0.5) is 0 Å². The molecule has 0 heterocycles. The van der Waals surface area contributed by atoms with Gasteiger partial charge >= 0.3 is 5.97 Å². The number of sulfonamides is 1. The van der Waals surface area contributed by atoms with E-state index in [0.29, 0.717) is 0 Å². The van der Waals surface area contributed by atoms with Crippen LogP contribution in [0.1, 0.15) is 13.8 Å². The second kappa shape index (κ2) is 5.83. The average Bonchev–Trinajstić information content (AvgIpc) is 2.43. The van der Waals surface area contributed by atoms with Crippen LogP contribution in [0.15, 0.2) is 47.4 Å². The molecule has 2 rings (SSSR count). The molecule has 0 saturated heterocycles. The highest BCUT2D eigenvalue weighted by Crippen LogP contribution is 2.19. The zero-order chi connectivity index (χ0) is 15.6. The molecule has 0 spiro atoms. The number of rotatable bonds is 5. The molecule has 0 bridgehead atoms. The predicted octanol–water partition coefficient (Wildman–Crippen LogP) is 2.23. The standard InChI is InChI=1S/C15H17NO4S/c1-10(2)14(15(17)18)16-21(19,20)13-8-7-11-5-3-4-6-12(11)9-13/h3-10,14,16H,1-2H3,(H,17,18). The van der Waals surface area contributed by atoms with E-state index < -0.39 is 22.0 Å². The second-order valence-corrected chi connectivity index (χ2v) is 6.90. The number of hydrogen-bond acceptors (Lipinski definition) is 3. The Morgan fingerprint density at radius 1 is 1.10 bits per heavy atom. The largest absolute Gasteiger partial charge is 0.480 e. The summed E-state index contributed by atoms with van der Waals surface area (Å²) in [6.07, 6.45) is 0. The molecule has 6 heteroatoms. The van der Waals surface area contributed by atoms with E-state index in [4.69, 9.17) is 5.11 Å². The molecule has 0 radical (unpaired) electrons. The first-order valence-electron chi connectivity index (χ1n) is 6.55. The zero-order valence-electron chi connectivity index (χ0n) is 11.8. The van der Waals surface area contributed by atoms with Crippen LogP contribution in [-0.4, -0.2) is 25.5 Å². The minimum atomic E-state index is -3.87. The summed E-state index contributed by atoms with van der Waals surface area (Å²) in [4.78, 5) is 11.2. The fraction of sp³-hybridized carbons (Fsp3) is 0.267. The molecule has 2 aromatic carbocycles. The van der Waals surface area contributed by atoms with Gasteiger partial charge in [-0.2, -0.15) is 4.72 Å². The van der Waals surface area contributed by atoms with Crippen LogP contribution in [0.25, 0.3) is 10.8 Å². The molecule has 2 N–H and O–H groups in total. The van der Waals surface area contributed by atoms with Crippen molar-refractivity contribution in [1.82, 2.24) is 4.72 Å².